The maximum atomic E-state index is 13.1. The van der Waals surface area contributed by atoms with E-state index in [1.807, 2.05) is 17.9 Å². The molecule has 2 aliphatic rings. The molecule has 4 rings (SSSR count). The van der Waals surface area contributed by atoms with E-state index in [-0.39, 0.29) is 17.6 Å². The fourth-order valence-electron chi connectivity index (χ4n) is 4.27. The Balaban J connectivity index is 1.67. The molecule has 2 aromatic rings. The van der Waals surface area contributed by atoms with Gasteiger partial charge >= 0.3 is 6.18 Å². The maximum absolute atomic E-state index is 13.1. The van der Waals surface area contributed by atoms with E-state index in [9.17, 15) is 18.0 Å². The second-order valence-corrected chi connectivity index (χ2v) is 7.68. The largest absolute Gasteiger partial charge is 0.416 e. The van der Waals surface area contributed by atoms with E-state index < -0.39 is 11.7 Å². The molecule has 156 valence electrons. The number of alkyl halides is 3. The zero-order chi connectivity index (χ0) is 20.6. The molecule has 0 radical (unpaired) electrons. The van der Waals surface area contributed by atoms with Crippen LogP contribution in [0.25, 0.3) is 0 Å². The lowest BCUT2D eigenvalue weighted by Crippen LogP contribution is -2.44. The van der Waals surface area contributed by atoms with Gasteiger partial charge in [-0.3, -0.25) is 4.79 Å². The number of hydrogen-bond acceptors (Lipinski definition) is 4. The lowest BCUT2D eigenvalue weighted by atomic mass is 10.0. The lowest BCUT2D eigenvalue weighted by Gasteiger charge is -2.36. The average Bonchev–Trinajstić information content (AvgIpc) is 3.17. The van der Waals surface area contributed by atoms with Crippen molar-refractivity contribution in [2.45, 2.75) is 38.0 Å². The molecule has 2 aliphatic heterocycles. The van der Waals surface area contributed by atoms with Crippen LogP contribution in [0.5, 0.6) is 0 Å². The van der Waals surface area contributed by atoms with Gasteiger partial charge in [-0.2, -0.15) is 13.2 Å². The first-order valence-electron chi connectivity index (χ1n) is 9.85. The van der Waals surface area contributed by atoms with E-state index in [2.05, 4.69) is 9.88 Å². The third-order valence-corrected chi connectivity index (χ3v) is 5.68. The van der Waals surface area contributed by atoms with Crippen molar-refractivity contribution in [1.82, 2.24) is 4.98 Å². The molecule has 0 bridgehead atoms. The number of pyridine rings is 1. The lowest BCUT2D eigenvalue weighted by molar-refractivity contribution is -0.137. The third-order valence-electron chi connectivity index (χ3n) is 5.68. The number of halogens is 3. The highest BCUT2D eigenvalue weighted by Crippen LogP contribution is 2.38. The summed E-state index contributed by atoms with van der Waals surface area (Å²) < 4.78 is 44.9. The summed E-state index contributed by atoms with van der Waals surface area (Å²) in [5.41, 5.74) is 0.565. The summed E-state index contributed by atoms with van der Waals surface area (Å²) in [6.07, 6.45) is -2.79. The number of aromatic nitrogens is 1. The minimum absolute atomic E-state index is 0.149. The van der Waals surface area contributed by atoms with Crippen molar-refractivity contribution >= 4 is 11.5 Å². The van der Waals surface area contributed by atoms with E-state index in [0.717, 1.165) is 24.6 Å². The first-order chi connectivity index (χ1) is 13.8. The number of morpholine rings is 1. The van der Waals surface area contributed by atoms with Crippen molar-refractivity contribution in [2.24, 2.45) is 0 Å². The molecule has 2 fully saturated rings. The smallest absolute Gasteiger partial charge is 0.377 e. The van der Waals surface area contributed by atoms with Gasteiger partial charge in [0.05, 0.1) is 24.8 Å². The number of H-pyrrole nitrogens is 1. The maximum Gasteiger partial charge on any atom is 0.416 e. The first-order valence-corrected chi connectivity index (χ1v) is 9.85. The Bertz CT molecular complexity index is 928. The van der Waals surface area contributed by atoms with Crippen LogP contribution < -0.4 is 15.4 Å². The third kappa shape index (κ3) is 4.12. The minimum atomic E-state index is -4.37. The van der Waals surface area contributed by atoms with E-state index >= 15 is 0 Å². The van der Waals surface area contributed by atoms with Crippen molar-refractivity contribution in [3.8, 4) is 0 Å². The molecule has 2 atom stereocenters. The number of benzene rings is 1. The van der Waals surface area contributed by atoms with Gasteiger partial charge in [0.15, 0.2) is 0 Å². The number of anilines is 2. The Morgan fingerprint density at radius 3 is 2.72 bits per heavy atom. The molecule has 0 spiro atoms. The van der Waals surface area contributed by atoms with Crippen LogP contribution >= 0.6 is 0 Å². The summed E-state index contributed by atoms with van der Waals surface area (Å²) in [4.78, 5) is 19.4. The Morgan fingerprint density at radius 2 is 1.97 bits per heavy atom. The molecule has 0 saturated carbocycles. The number of aromatic amines is 1. The molecule has 1 aromatic carbocycles. The summed E-state index contributed by atoms with van der Waals surface area (Å²) in [6.45, 7) is 4.61. The SMILES string of the molecule is C[C@@H]1COCCN1c1cc(N2CCC[C@@H]2c2cccc(C(F)(F)F)c2)[nH]c(=O)c1. The first kappa shape index (κ1) is 19.8. The molecular formula is C21H24F3N3O2. The van der Waals surface area contributed by atoms with E-state index in [0.29, 0.717) is 37.7 Å². The number of nitrogens with one attached hydrogen (secondary N) is 1. The second kappa shape index (κ2) is 7.74. The molecular weight excluding hydrogens is 383 g/mol. The quantitative estimate of drug-likeness (QED) is 0.837. The monoisotopic (exact) mass is 407 g/mol. The molecule has 1 N–H and O–H groups in total. The Morgan fingerprint density at radius 1 is 1.14 bits per heavy atom. The summed E-state index contributed by atoms with van der Waals surface area (Å²) >= 11 is 0. The highest BCUT2D eigenvalue weighted by atomic mass is 19.4. The van der Waals surface area contributed by atoms with Gasteiger partial charge in [-0.25, -0.2) is 0 Å². The van der Waals surface area contributed by atoms with Crippen molar-refractivity contribution in [2.75, 3.05) is 36.1 Å². The van der Waals surface area contributed by atoms with Crippen LogP contribution in [0.3, 0.4) is 0 Å². The van der Waals surface area contributed by atoms with Crippen LogP contribution in [0.1, 0.15) is 36.9 Å². The van der Waals surface area contributed by atoms with Crippen molar-refractivity contribution in [3.05, 3.63) is 57.9 Å². The summed E-state index contributed by atoms with van der Waals surface area (Å²) in [6, 6.07) is 8.92. The molecule has 0 amide bonds. The van der Waals surface area contributed by atoms with Crippen molar-refractivity contribution < 1.29 is 17.9 Å². The van der Waals surface area contributed by atoms with Crippen molar-refractivity contribution in [1.29, 1.82) is 0 Å². The standard InChI is InChI=1S/C21H24F3N3O2/c1-14-13-29-9-8-26(14)17-11-19(25-20(28)12-17)27-7-3-6-18(27)15-4-2-5-16(10-15)21(22,23)24/h2,4-5,10-12,14,18H,3,6-9,13H2,1H3,(H,25,28)/t14-,18-/m1/s1. The Hall–Kier alpha value is -2.48. The van der Waals surface area contributed by atoms with Gasteiger partial charge in [-0.05, 0) is 37.5 Å². The van der Waals surface area contributed by atoms with Gasteiger partial charge in [0.1, 0.15) is 5.82 Å². The van der Waals surface area contributed by atoms with Crippen LogP contribution in [0, 0.1) is 0 Å². The molecule has 1 aromatic heterocycles. The molecule has 0 aliphatic carbocycles. The van der Waals surface area contributed by atoms with Crippen LogP contribution in [-0.4, -0.2) is 37.3 Å². The Labute approximate surface area is 167 Å². The Kier molecular flexibility index (Phi) is 5.29. The zero-order valence-corrected chi connectivity index (χ0v) is 16.2. The van der Waals surface area contributed by atoms with Crippen LogP contribution in [0.2, 0.25) is 0 Å². The zero-order valence-electron chi connectivity index (χ0n) is 16.2. The van der Waals surface area contributed by atoms with E-state index in [4.69, 9.17) is 4.74 Å². The summed E-state index contributed by atoms with van der Waals surface area (Å²) in [5, 5.41) is 0. The van der Waals surface area contributed by atoms with Crippen LogP contribution in [0.4, 0.5) is 24.7 Å². The molecule has 5 nitrogen and oxygen atoms in total. The van der Waals surface area contributed by atoms with Gasteiger partial charge in [0.25, 0.3) is 5.56 Å². The number of nitrogens with zero attached hydrogens (tertiary/aromatic N) is 2. The fourth-order valence-corrected chi connectivity index (χ4v) is 4.27. The second-order valence-electron chi connectivity index (χ2n) is 7.68. The van der Waals surface area contributed by atoms with Gasteiger partial charge in [0.2, 0.25) is 0 Å². The van der Waals surface area contributed by atoms with Gasteiger partial charge in [-0.15, -0.1) is 0 Å². The molecule has 2 saturated heterocycles. The van der Waals surface area contributed by atoms with Crippen LogP contribution in [0.15, 0.2) is 41.2 Å². The molecule has 3 heterocycles. The highest BCUT2D eigenvalue weighted by molar-refractivity contribution is 5.57. The minimum Gasteiger partial charge on any atom is -0.377 e. The summed E-state index contributed by atoms with van der Waals surface area (Å²) in [5.74, 6) is 0.645. The average molecular weight is 407 g/mol. The highest BCUT2D eigenvalue weighted by Gasteiger charge is 2.33. The number of hydrogen-bond donors (Lipinski definition) is 1. The van der Waals surface area contributed by atoms with Crippen LogP contribution in [-0.2, 0) is 10.9 Å². The van der Waals surface area contributed by atoms with Crippen molar-refractivity contribution in [3.63, 3.8) is 0 Å². The van der Waals surface area contributed by atoms with Gasteiger partial charge in [0, 0.05) is 37.0 Å². The fraction of sp³-hybridized carbons (Fsp3) is 0.476. The van der Waals surface area contributed by atoms with Gasteiger partial charge in [-0.1, -0.05) is 12.1 Å². The number of rotatable bonds is 3. The van der Waals surface area contributed by atoms with Gasteiger partial charge < -0.3 is 19.5 Å². The topological polar surface area (TPSA) is 48.6 Å². The van der Waals surface area contributed by atoms with E-state index in [1.54, 1.807) is 12.1 Å². The predicted molar refractivity (Wildman–Crippen MR) is 105 cm³/mol. The molecule has 29 heavy (non-hydrogen) atoms. The predicted octanol–water partition coefficient (Wildman–Crippen LogP) is 3.96. The van der Waals surface area contributed by atoms with E-state index in [1.165, 1.54) is 12.1 Å². The summed E-state index contributed by atoms with van der Waals surface area (Å²) in [7, 11) is 0. The number of ether oxygens (including phenoxy) is 1. The molecule has 0 unspecified atom stereocenters. The normalized spacial score (nSPS) is 22.9. The molecule has 8 heteroatoms.